The van der Waals surface area contributed by atoms with E-state index in [9.17, 15) is 4.79 Å². The fourth-order valence-corrected chi connectivity index (χ4v) is 3.27. The lowest BCUT2D eigenvalue weighted by molar-refractivity contribution is 0.0728. The fraction of sp³-hybridized carbons (Fsp3) is 0.136. The van der Waals surface area contributed by atoms with Crippen LogP contribution in [-0.4, -0.2) is 22.9 Å². The summed E-state index contributed by atoms with van der Waals surface area (Å²) in [7, 11) is 1.62. The Labute approximate surface area is 163 Å². The summed E-state index contributed by atoms with van der Waals surface area (Å²) in [5, 5.41) is 12.4. The van der Waals surface area contributed by atoms with Gasteiger partial charge in [-0.3, -0.25) is 9.78 Å². The minimum atomic E-state index is -0.390. The Balaban J connectivity index is 1.64. The molecule has 1 aromatic heterocycles. The van der Waals surface area contributed by atoms with E-state index < -0.39 is 6.17 Å². The summed E-state index contributed by atoms with van der Waals surface area (Å²) in [5.74, 6) is 0.707. The number of amides is 1. The van der Waals surface area contributed by atoms with Crippen LogP contribution in [0, 0.1) is 11.3 Å². The van der Waals surface area contributed by atoms with E-state index in [-0.39, 0.29) is 5.91 Å². The maximum Gasteiger partial charge on any atom is 0.258 e. The highest BCUT2D eigenvalue weighted by atomic mass is 16.5. The molecule has 1 aliphatic heterocycles. The molecule has 0 radical (unpaired) electrons. The number of hydrogen-bond acceptors (Lipinski definition) is 5. The predicted octanol–water partition coefficient (Wildman–Crippen LogP) is 3.73. The molecule has 1 N–H and O–H groups in total. The molecular formula is C22H18N4O2. The number of fused-ring (bicyclic) bond motifs is 1. The molecule has 4 rings (SSSR count). The molecule has 0 saturated carbocycles. The molecule has 3 aromatic rings. The van der Waals surface area contributed by atoms with Gasteiger partial charge in [-0.25, -0.2) is 0 Å². The van der Waals surface area contributed by atoms with Crippen molar-refractivity contribution in [3.8, 4) is 11.8 Å². The summed E-state index contributed by atoms with van der Waals surface area (Å²) in [6.07, 6.45) is 1.30. The number of nitrogens with one attached hydrogen (secondary N) is 1. The molecule has 1 aliphatic rings. The van der Waals surface area contributed by atoms with Gasteiger partial charge in [-0.05, 0) is 54.1 Å². The monoisotopic (exact) mass is 370 g/mol. The zero-order chi connectivity index (χ0) is 19.5. The van der Waals surface area contributed by atoms with Crippen LogP contribution in [0.4, 0.5) is 5.69 Å². The van der Waals surface area contributed by atoms with Gasteiger partial charge in [0.25, 0.3) is 5.91 Å². The van der Waals surface area contributed by atoms with Crippen LogP contribution in [0.1, 0.15) is 33.3 Å². The Bertz CT molecular complexity index is 1040. The third-order valence-corrected chi connectivity index (χ3v) is 4.73. The molecule has 2 heterocycles. The first-order valence-electron chi connectivity index (χ1n) is 8.85. The number of pyridine rings is 1. The lowest BCUT2D eigenvalue weighted by Gasteiger charge is -2.26. The number of benzene rings is 2. The second-order valence-corrected chi connectivity index (χ2v) is 6.45. The molecule has 28 heavy (non-hydrogen) atoms. The fourth-order valence-electron chi connectivity index (χ4n) is 3.27. The van der Waals surface area contributed by atoms with E-state index in [0.717, 1.165) is 17.0 Å². The average Bonchev–Trinajstić information content (AvgIpc) is 3.01. The molecule has 6 heteroatoms. The van der Waals surface area contributed by atoms with Crippen LogP contribution in [-0.2, 0) is 6.54 Å². The number of nitriles is 1. The molecule has 0 fully saturated rings. The summed E-state index contributed by atoms with van der Waals surface area (Å²) >= 11 is 0. The summed E-state index contributed by atoms with van der Waals surface area (Å²) in [5.41, 5.74) is 3.69. The first-order valence-corrected chi connectivity index (χ1v) is 8.85. The number of carbonyl (C=O) groups excluding carboxylic acids is 1. The van der Waals surface area contributed by atoms with E-state index >= 15 is 0 Å². The largest absolute Gasteiger partial charge is 0.497 e. The quantitative estimate of drug-likeness (QED) is 0.740. The SMILES string of the molecule is COc1ccc(CN2C(=O)c3cccnc3C2Nc2ccc(C#N)cc2)cc1. The van der Waals surface area contributed by atoms with Crippen molar-refractivity contribution in [2.24, 2.45) is 0 Å². The normalized spacial score (nSPS) is 15.1. The van der Waals surface area contributed by atoms with Crippen LogP contribution in [0.25, 0.3) is 0 Å². The summed E-state index contributed by atoms with van der Waals surface area (Å²) < 4.78 is 5.20. The lowest BCUT2D eigenvalue weighted by atomic mass is 10.2. The Morgan fingerprint density at radius 3 is 2.57 bits per heavy atom. The van der Waals surface area contributed by atoms with E-state index in [2.05, 4.69) is 16.4 Å². The standard InChI is InChI=1S/C22H18N4O2/c1-28-18-10-6-16(7-11-18)14-26-21(20-19(22(26)27)3-2-12-24-20)25-17-8-4-15(13-23)5-9-17/h2-12,21,25H,14H2,1H3. The van der Waals surface area contributed by atoms with Crippen LogP contribution in [0.5, 0.6) is 5.75 Å². The van der Waals surface area contributed by atoms with Crippen LogP contribution in [0.3, 0.4) is 0 Å². The predicted molar refractivity (Wildman–Crippen MR) is 105 cm³/mol. The van der Waals surface area contributed by atoms with Crippen LogP contribution >= 0.6 is 0 Å². The molecule has 0 bridgehead atoms. The zero-order valence-electron chi connectivity index (χ0n) is 15.3. The van der Waals surface area contributed by atoms with E-state index in [1.807, 2.05) is 36.4 Å². The smallest absolute Gasteiger partial charge is 0.258 e. The zero-order valence-corrected chi connectivity index (χ0v) is 15.3. The maximum absolute atomic E-state index is 13.0. The Kier molecular flexibility index (Phi) is 4.65. The molecule has 0 saturated heterocycles. The van der Waals surface area contributed by atoms with Crippen molar-refractivity contribution >= 4 is 11.6 Å². The van der Waals surface area contributed by atoms with Crippen molar-refractivity contribution in [1.29, 1.82) is 5.26 Å². The maximum atomic E-state index is 13.0. The van der Waals surface area contributed by atoms with Crippen LogP contribution in [0.2, 0.25) is 0 Å². The lowest BCUT2D eigenvalue weighted by Crippen LogP contribution is -2.32. The van der Waals surface area contributed by atoms with Gasteiger partial charge in [-0.15, -0.1) is 0 Å². The van der Waals surface area contributed by atoms with Gasteiger partial charge >= 0.3 is 0 Å². The number of hydrogen-bond donors (Lipinski definition) is 1. The Morgan fingerprint density at radius 1 is 1.14 bits per heavy atom. The van der Waals surface area contributed by atoms with Crippen LogP contribution < -0.4 is 10.1 Å². The molecule has 0 aliphatic carbocycles. The highest BCUT2D eigenvalue weighted by molar-refractivity contribution is 5.98. The van der Waals surface area contributed by atoms with Crippen molar-refractivity contribution in [3.63, 3.8) is 0 Å². The molecule has 2 aromatic carbocycles. The number of nitrogens with zero attached hydrogens (tertiary/aromatic N) is 3. The van der Waals surface area contributed by atoms with Gasteiger partial charge in [-0.1, -0.05) is 12.1 Å². The van der Waals surface area contributed by atoms with Gasteiger partial charge in [-0.2, -0.15) is 5.26 Å². The van der Waals surface area contributed by atoms with Gasteiger partial charge in [0, 0.05) is 18.4 Å². The second kappa shape index (κ2) is 7.41. The van der Waals surface area contributed by atoms with E-state index in [1.54, 1.807) is 42.5 Å². The van der Waals surface area contributed by atoms with Gasteiger partial charge in [0.2, 0.25) is 0 Å². The number of carbonyl (C=O) groups is 1. The highest BCUT2D eigenvalue weighted by Crippen LogP contribution is 2.34. The van der Waals surface area contributed by atoms with Crippen LogP contribution in [0.15, 0.2) is 66.9 Å². The summed E-state index contributed by atoms with van der Waals surface area (Å²) in [6, 6.07) is 20.5. The molecule has 1 unspecified atom stereocenters. The minimum Gasteiger partial charge on any atom is -0.497 e. The highest BCUT2D eigenvalue weighted by Gasteiger charge is 2.37. The topological polar surface area (TPSA) is 78.2 Å². The van der Waals surface area contributed by atoms with E-state index in [1.165, 1.54) is 0 Å². The molecule has 1 atom stereocenters. The molecule has 0 spiro atoms. The number of ether oxygens (including phenoxy) is 1. The van der Waals surface area contributed by atoms with Crippen molar-refractivity contribution in [1.82, 2.24) is 9.88 Å². The third kappa shape index (κ3) is 3.26. The third-order valence-electron chi connectivity index (χ3n) is 4.73. The van der Waals surface area contributed by atoms with Gasteiger partial charge in [0.1, 0.15) is 11.9 Å². The first-order chi connectivity index (χ1) is 13.7. The number of anilines is 1. The van der Waals surface area contributed by atoms with Crippen molar-refractivity contribution in [2.45, 2.75) is 12.7 Å². The first kappa shape index (κ1) is 17.6. The van der Waals surface area contributed by atoms with Crippen molar-refractivity contribution < 1.29 is 9.53 Å². The summed E-state index contributed by atoms with van der Waals surface area (Å²) in [6.45, 7) is 0.438. The van der Waals surface area contributed by atoms with Crippen molar-refractivity contribution in [3.05, 3.63) is 89.2 Å². The van der Waals surface area contributed by atoms with Crippen molar-refractivity contribution in [2.75, 3.05) is 12.4 Å². The Morgan fingerprint density at radius 2 is 1.89 bits per heavy atom. The van der Waals surface area contributed by atoms with E-state index in [4.69, 9.17) is 10.00 Å². The average molecular weight is 370 g/mol. The molecular weight excluding hydrogens is 352 g/mol. The van der Waals surface area contributed by atoms with E-state index in [0.29, 0.717) is 23.4 Å². The number of aromatic nitrogens is 1. The molecule has 6 nitrogen and oxygen atoms in total. The molecule has 1 amide bonds. The van der Waals surface area contributed by atoms with Gasteiger partial charge < -0.3 is 15.0 Å². The number of methoxy groups -OCH3 is 1. The minimum absolute atomic E-state index is 0.0648. The second-order valence-electron chi connectivity index (χ2n) is 6.45. The Hall–Kier alpha value is -3.85. The summed E-state index contributed by atoms with van der Waals surface area (Å²) in [4.78, 5) is 19.2. The van der Waals surface area contributed by atoms with Gasteiger partial charge in [0.05, 0.1) is 30.0 Å². The molecule has 138 valence electrons. The van der Waals surface area contributed by atoms with Gasteiger partial charge in [0.15, 0.2) is 0 Å². The number of rotatable bonds is 5.